The molecule has 0 spiro atoms. The number of aromatic nitrogens is 4. The van der Waals surface area contributed by atoms with E-state index in [1.165, 1.54) is 13.3 Å². The zero-order valence-corrected chi connectivity index (χ0v) is 12.5. The monoisotopic (exact) mass is 309 g/mol. The molecule has 1 N–H and O–H groups in total. The Labute approximate surface area is 127 Å². The van der Waals surface area contributed by atoms with Crippen molar-refractivity contribution in [2.75, 3.05) is 19.0 Å². The molecule has 8 heteroatoms. The third-order valence-electron chi connectivity index (χ3n) is 3.47. The second kappa shape index (κ2) is 5.87. The molecule has 0 aromatic carbocycles. The van der Waals surface area contributed by atoms with Gasteiger partial charge in [-0.05, 0) is 12.5 Å². The number of hydrogen-bond donors (Lipinski definition) is 1. The fourth-order valence-corrected chi connectivity index (χ4v) is 2.56. The zero-order valence-electron chi connectivity index (χ0n) is 11.8. The summed E-state index contributed by atoms with van der Waals surface area (Å²) in [5, 5.41) is 7.96. The largest absolute Gasteiger partial charge is 0.467 e. The van der Waals surface area contributed by atoms with Crippen LogP contribution in [0.4, 0.5) is 5.82 Å². The number of methoxy groups -OCH3 is 1. The topological polar surface area (TPSA) is 74.1 Å². The summed E-state index contributed by atoms with van der Waals surface area (Å²) in [7, 11) is 3.42. The minimum Gasteiger partial charge on any atom is -0.467 e. The highest BCUT2D eigenvalue weighted by atomic mass is 35.5. The van der Waals surface area contributed by atoms with Crippen LogP contribution in [0.5, 0.6) is 6.01 Å². The van der Waals surface area contributed by atoms with E-state index in [2.05, 4.69) is 20.4 Å². The van der Waals surface area contributed by atoms with Crippen LogP contribution in [0, 0.1) is 0 Å². The van der Waals surface area contributed by atoms with E-state index in [9.17, 15) is 0 Å². The van der Waals surface area contributed by atoms with Gasteiger partial charge in [-0.2, -0.15) is 10.1 Å². The van der Waals surface area contributed by atoms with E-state index in [1.807, 2.05) is 17.8 Å². The molecule has 3 heterocycles. The third-order valence-corrected chi connectivity index (χ3v) is 3.75. The minimum absolute atomic E-state index is 0.0671. The molecule has 0 saturated carbocycles. The van der Waals surface area contributed by atoms with E-state index >= 15 is 0 Å². The van der Waals surface area contributed by atoms with Crippen molar-refractivity contribution < 1.29 is 9.47 Å². The summed E-state index contributed by atoms with van der Waals surface area (Å²) in [5.41, 5.74) is 1.02. The average molecular weight is 310 g/mol. The van der Waals surface area contributed by atoms with E-state index in [1.54, 1.807) is 6.20 Å². The van der Waals surface area contributed by atoms with E-state index in [4.69, 9.17) is 21.1 Å². The van der Waals surface area contributed by atoms with E-state index in [0.29, 0.717) is 17.4 Å². The molecule has 0 aliphatic carbocycles. The van der Waals surface area contributed by atoms with E-state index in [-0.39, 0.29) is 18.2 Å². The first kappa shape index (κ1) is 14.1. The molecule has 0 bridgehead atoms. The highest BCUT2D eigenvalue weighted by molar-refractivity contribution is 6.32. The van der Waals surface area contributed by atoms with Crippen LogP contribution < -0.4 is 10.1 Å². The Kier molecular flexibility index (Phi) is 3.94. The van der Waals surface area contributed by atoms with Gasteiger partial charge in [0.15, 0.2) is 5.82 Å². The van der Waals surface area contributed by atoms with E-state index < -0.39 is 0 Å². The summed E-state index contributed by atoms with van der Waals surface area (Å²) >= 11 is 6.13. The molecule has 1 aliphatic rings. The lowest BCUT2D eigenvalue weighted by molar-refractivity contribution is 0.101. The van der Waals surface area contributed by atoms with Crippen molar-refractivity contribution in [3.8, 4) is 6.01 Å². The standard InChI is InChI=1S/C13H16ClN5O2/c1-19-10(3-5-16-19)11-9(4-6-21-11)17-12-8(14)7-15-13(18-12)20-2/h3,5,7,9,11H,4,6H2,1-2H3,(H,15,17,18)/t9-,11-/m0/s1. The van der Waals surface area contributed by atoms with E-state index in [0.717, 1.165) is 12.1 Å². The summed E-state index contributed by atoms with van der Waals surface area (Å²) < 4.78 is 12.7. The van der Waals surface area contributed by atoms with Crippen LogP contribution in [0.25, 0.3) is 0 Å². The first-order valence-electron chi connectivity index (χ1n) is 6.61. The molecule has 0 radical (unpaired) electrons. The van der Waals surface area contributed by atoms with Gasteiger partial charge in [0.25, 0.3) is 0 Å². The van der Waals surface area contributed by atoms with Gasteiger partial charge in [-0.3, -0.25) is 4.68 Å². The minimum atomic E-state index is -0.0884. The van der Waals surface area contributed by atoms with Crippen molar-refractivity contribution in [1.82, 2.24) is 19.7 Å². The Morgan fingerprint density at radius 2 is 2.38 bits per heavy atom. The fourth-order valence-electron chi connectivity index (χ4n) is 2.42. The number of aryl methyl sites for hydroxylation is 1. The van der Waals surface area contributed by atoms with Crippen molar-refractivity contribution in [1.29, 1.82) is 0 Å². The lowest BCUT2D eigenvalue weighted by atomic mass is 10.1. The molecule has 21 heavy (non-hydrogen) atoms. The Morgan fingerprint density at radius 3 is 3.10 bits per heavy atom. The van der Waals surface area contributed by atoms with Gasteiger partial charge in [0, 0.05) is 19.9 Å². The summed E-state index contributed by atoms with van der Waals surface area (Å²) in [5.74, 6) is 0.547. The molecule has 0 amide bonds. The first-order valence-corrected chi connectivity index (χ1v) is 6.99. The van der Waals surface area contributed by atoms with Crippen molar-refractivity contribution >= 4 is 17.4 Å². The summed E-state index contributed by atoms with van der Waals surface area (Å²) in [6.07, 6.45) is 4.05. The zero-order chi connectivity index (χ0) is 14.8. The van der Waals surface area contributed by atoms with Gasteiger partial charge >= 0.3 is 6.01 Å². The maximum Gasteiger partial charge on any atom is 0.318 e. The van der Waals surface area contributed by atoms with Crippen LogP contribution in [0.3, 0.4) is 0 Å². The van der Waals surface area contributed by atoms with Gasteiger partial charge in [0.2, 0.25) is 0 Å². The fraction of sp³-hybridized carbons (Fsp3) is 0.462. The van der Waals surface area contributed by atoms with Crippen molar-refractivity contribution in [2.45, 2.75) is 18.6 Å². The molecule has 112 valence electrons. The van der Waals surface area contributed by atoms with Crippen LogP contribution in [-0.4, -0.2) is 39.5 Å². The van der Waals surface area contributed by atoms with Crippen LogP contribution in [-0.2, 0) is 11.8 Å². The number of nitrogens with zero attached hydrogens (tertiary/aromatic N) is 4. The molecule has 2 aromatic rings. The Morgan fingerprint density at radius 1 is 1.52 bits per heavy atom. The molecular weight excluding hydrogens is 294 g/mol. The quantitative estimate of drug-likeness (QED) is 0.928. The molecule has 0 unspecified atom stereocenters. The number of ether oxygens (including phenoxy) is 2. The van der Waals surface area contributed by atoms with Gasteiger partial charge in [-0.15, -0.1) is 0 Å². The van der Waals surface area contributed by atoms with Gasteiger partial charge < -0.3 is 14.8 Å². The van der Waals surface area contributed by atoms with Crippen molar-refractivity contribution in [2.24, 2.45) is 7.05 Å². The molecule has 1 saturated heterocycles. The third kappa shape index (κ3) is 2.79. The van der Waals surface area contributed by atoms with Crippen LogP contribution >= 0.6 is 11.6 Å². The Bertz CT molecular complexity index is 633. The molecule has 7 nitrogen and oxygen atoms in total. The molecule has 3 rings (SSSR count). The predicted octanol–water partition coefficient (Wildman–Crippen LogP) is 1.81. The van der Waals surface area contributed by atoms with Gasteiger partial charge in [0.05, 0.1) is 25.0 Å². The number of rotatable bonds is 4. The number of nitrogens with one attached hydrogen (secondary N) is 1. The van der Waals surface area contributed by atoms with Crippen molar-refractivity contribution in [3.05, 3.63) is 29.2 Å². The van der Waals surface area contributed by atoms with Crippen LogP contribution in [0.2, 0.25) is 5.02 Å². The molecular formula is C13H16ClN5O2. The maximum atomic E-state index is 6.13. The van der Waals surface area contributed by atoms with Crippen LogP contribution in [0.15, 0.2) is 18.5 Å². The van der Waals surface area contributed by atoms with Gasteiger partial charge in [0.1, 0.15) is 11.1 Å². The molecule has 1 fully saturated rings. The molecule has 2 aromatic heterocycles. The number of hydrogen-bond acceptors (Lipinski definition) is 6. The predicted molar refractivity (Wildman–Crippen MR) is 77.5 cm³/mol. The highest BCUT2D eigenvalue weighted by Gasteiger charge is 2.32. The lowest BCUT2D eigenvalue weighted by Crippen LogP contribution is -2.25. The Balaban J connectivity index is 1.82. The Hall–Kier alpha value is -1.86. The normalized spacial score (nSPS) is 21.5. The second-order valence-corrected chi connectivity index (χ2v) is 5.17. The SMILES string of the molecule is COc1ncc(Cl)c(N[C@H]2CCO[C@@H]2c2ccnn2C)n1. The maximum absolute atomic E-state index is 6.13. The number of halogens is 1. The van der Waals surface area contributed by atoms with Crippen molar-refractivity contribution in [3.63, 3.8) is 0 Å². The first-order chi connectivity index (χ1) is 10.2. The van der Waals surface area contributed by atoms with Gasteiger partial charge in [-0.1, -0.05) is 11.6 Å². The number of anilines is 1. The van der Waals surface area contributed by atoms with Crippen LogP contribution in [0.1, 0.15) is 18.2 Å². The lowest BCUT2D eigenvalue weighted by Gasteiger charge is -2.21. The second-order valence-electron chi connectivity index (χ2n) is 4.76. The molecule has 1 aliphatic heterocycles. The summed E-state index contributed by atoms with van der Waals surface area (Å²) in [6, 6.07) is 2.29. The molecule has 2 atom stereocenters. The smallest absolute Gasteiger partial charge is 0.318 e. The highest BCUT2D eigenvalue weighted by Crippen LogP contribution is 2.32. The van der Waals surface area contributed by atoms with Gasteiger partial charge in [-0.25, -0.2) is 4.98 Å². The summed E-state index contributed by atoms with van der Waals surface area (Å²) in [4.78, 5) is 8.20. The average Bonchev–Trinajstić information content (AvgIpc) is 3.09. The summed E-state index contributed by atoms with van der Waals surface area (Å²) in [6.45, 7) is 0.674.